The smallest absolute Gasteiger partial charge is 0.726 e. The first-order valence-corrected chi connectivity index (χ1v) is 14.1. The van der Waals surface area contributed by atoms with Gasteiger partial charge >= 0.3 is 29.6 Å². The molecule has 0 atom stereocenters. The van der Waals surface area contributed by atoms with Gasteiger partial charge in [0.25, 0.3) is 0 Å². The quantitative estimate of drug-likeness (QED) is 0.0857. The topological polar surface area (TPSA) is 75.7 Å². The van der Waals surface area contributed by atoms with Crippen LogP contribution in [0.15, 0.2) is 0 Å². The third kappa shape index (κ3) is 33.1. The molecule has 0 aromatic rings. The van der Waals surface area contributed by atoms with Crippen LogP contribution in [0.3, 0.4) is 0 Å². The first-order valence-electron chi connectivity index (χ1n) is 12.7. The van der Waals surface area contributed by atoms with Crippen molar-refractivity contribution in [1.29, 1.82) is 0 Å². The van der Waals surface area contributed by atoms with Crippen LogP contribution in [0.2, 0.25) is 0 Å². The summed E-state index contributed by atoms with van der Waals surface area (Å²) in [5.41, 5.74) is 0. The molecule has 31 heavy (non-hydrogen) atoms. The average molecular weight is 473 g/mol. The van der Waals surface area contributed by atoms with Gasteiger partial charge in [0.15, 0.2) is 0 Å². The molecule has 0 saturated heterocycles. The van der Waals surface area contributed by atoms with Crippen LogP contribution in [0.5, 0.6) is 0 Å². The fourth-order valence-corrected chi connectivity index (χ4v) is 4.00. The van der Waals surface area contributed by atoms with Crippen LogP contribution in [-0.4, -0.2) is 32.8 Å². The van der Waals surface area contributed by atoms with Gasteiger partial charge in [-0.05, 0) is 19.3 Å². The summed E-state index contributed by atoms with van der Waals surface area (Å²) in [5, 5.41) is 0. The molecule has 0 aliphatic carbocycles. The van der Waals surface area contributed by atoms with Gasteiger partial charge in [-0.25, -0.2) is 8.42 Å². The van der Waals surface area contributed by atoms with E-state index in [0.717, 1.165) is 26.1 Å². The third-order valence-electron chi connectivity index (χ3n) is 5.55. The molecule has 0 fully saturated rings. The van der Waals surface area contributed by atoms with Crippen molar-refractivity contribution in [3.63, 3.8) is 0 Å². The van der Waals surface area contributed by atoms with Gasteiger partial charge in [0.1, 0.15) is 0 Å². The predicted octanol–water partition coefficient (Wildman–Crippen LogP) is 4.31. The van der Waals surface area contributed by atoms with Crippen molar-refractivity contribution in [2.45, 2.75) is 135 Å². The Morgan fingerprint density at radius 2 is 0.806 bits per heavy atom. The first kappa shape index (κ1) is 34.0. The van der Waals surface area contributed by atoms with E-state index in [2.05, 4.69) is 11.1 Å². The number of unbranched alkanes of at least 4 members (excludes halogenated alkanes) is 18. The van der Waals surface area contributed by atoms with Crippen molar-refractivity contribution >= 4 is 10.4 Å². The van der Waals surface area contributed by atoms with Crippen LogP contribution >= 0.6 is 0 Å². The van der Waals surface area contributed by atoms with Gasteiger partial charge in [0.2, 0.25) is 10.4 Å². The molecule has 7 heteroatoms. The molecule has 182 valence electrons. The molecule has 0 aromatic heterocycles. The summed E-state index contributed by atoms with van der Waals surface area (Å²) in [6, 6.07) is 0. The van der Waals surface area contributed by atoms with E-state index in [-0.39, 0.29) is 36.2 Å². The van der Waals surface area contributed by atoms with Crippen molar-refractivity contribution in [1.82, 2.24) is 0 Å². The summed E-state index contributed by atoms with van der Waals surface area (Å²) < 4.78 is 40.7. The minimum absolute atomic E-state index is 0. The minimum atomic E-state index is -4.51. The molecule has 0 heterocycles. The molecule has 0 saturated carbocycles. The molecular formula is C24H49NaO5S. The summed E-state index contributed by atoms with van der Waals surface area (Å²) >= 11 is 0. The maximum absolute atomic E-state index is 10.3. The van der Waals surface area contributed by atoms with Crippen LogP contribution in [0.25, 0.3) is 0 Å². The van der Waals surface area contributed by atoms with Gasteiger partial charge in [-0.15, -0.1) is 0 Å². The van der Waals surface area contributed by atoms with Crippen LogP contribution in [0.1, 0.15) is 135 Å². The second-order valence-corrected chi connectivity index (χ2v) is 9.61. The Morgan fingerprint density at radius 1 is 0.516 bits per heavy atom. The summed E-state index contributed by atoms with van der Waals surface area (Å²) in [7, 11) is -4.51. The van der Waals surface area contributed by atoms with Crippen molar-refractivity contribution in [3.8, 4) is 0 Å². The predicted molar refractivity (Wildman–Crippen MR) is 124 cm³/mol. The Kier molecular flexibility index (Phi) is 29.7. The fraction of sp³-hybridized carbons (Fsp3) is 1.00. The van der Waals surface area contributed by atoms with E-state index in [1.165, 1.54) is 109 Å². The first-order chi connectivity index (χ1) is 14.6. The maximum Gasteiger partial charge on any atom is 1.00 e. The molecule has 0 rings (SSSR count). The maximum atomic E-state index is 10.3. The second kappa shape index (κ2) is 27.1. The van der Waals surface area contributed by atoms with Crippen LogP contribution in [0, 0.1) is 0 Å². The van der Waals surface area contributed by atoms with E-state index in [9.17, 15) is 13.0 Å². The van der Waals surface area contributed by atoms with Crippen molar-refractivity contribution in [2.75, 3.05) is 19.8 Å². The van der Waals surface area contributed by atoms with Crippen LogP contribution in [0.4, 0.5) is 0 Å². The molecule has 0 bridgehead atoms. The van der Waals surface area contributed by atoms with Gasteiger partial charge in [0, 0.05) is 13.2 Å². The molecule has 0 aliphatic rings. The second-order valence-electron chi connectivity index (χ2n) is 8.56. The fourth-order valence-electron chi connectivity index (χ4n) is 3.68. The largest absolute Gasteiger partial charge is 1.00 e. The van der Waals surface area contributed by atoms with E-state index in [1.807, 2.05) is 0 Å². The monoisotopic (exact) mass is 472 g/mol. The third-order valence-corrected chi connectivity index (χ3v) is 6.01. The van der Waals surface area contributed by atoms with E-state index in [1.54, 1.807) is 0 Å². The zero-order chi connectivity index (χ0) is 22.2. The van der Waals surface area contributed by atoms with E-state index >= 15 is 0 Å². The molecule has 0 spiro atoms. The van der Waals surface area contributed by atoms with Gasteiger partial charge in [0.05, 0.1) is 6.61 Å². The summed E-state index contributed by atoms with van der Waals surface area (Å²) in [5.74, 6) is 0. The van der Waals surface area contributed by atoms with Gasteiger partial charge in [-0.2, -0.15) is 0 Å². The Balaban J connectivity index is 0. The molecule has 0 radical (unpaired) electrons. The Bertz CT molecular complexity index is 432. The Morgan fingerprint density at radius 3 is 1.13 bits per heavy atom. The molecule has 5 nitrogen and oxygen atoms in total. The average Bonchev–Trinajstić information content (AvgIpc) is 2.70. The zero-order valence-electron chi connectivity index (χ0n) is 20.7. The molecule has 0 unspecified atom stereocenters. The Hall–Kier alpha value is 0.830. The van der Waals surface area contributed by atoms with E-state index in [0.29, 0.717) is 6.42 Å². The van der Waals surface area contributed by atoms with Crippen LogP contribution in [-0.2, 0) is 19.3 Å². The van der Waals surface area contributed by atoms with Gasteiger partial charge < -0.3 is 9.29 Å². The number of rotatable bonds is 25. The number of hydrogen-bond donors (Lipinski definition) is 0. The summed E-state index contributed by atoms with van der Waals surface area (Å²) in [4.78, 5) is 0. The molecule has 0 amide bonds. The zero-order valence-corrected chi connectivity index (χ0v) is 23.5. The van der Waals surface area contributed by atoms with Crippen molar-refractivity contribution < 1.29 is 51.4 Å². The number of hydrogen-bond acceptors (Lipinski definition) is 5. The van der Waals surface area contributed by atoms with Gasteiger partial charge in [-0.3, -0.25) is 4.18 Å². The van der Waals surface area contributed by atoms with E-state index < -0.39 is 10.4 Å². The molecule has 0 N–H and O–H groups in total. The number of ether oxygens (including phenoxy) is 1. The van der Waals surface area contributed by atoms with Crippen molar-refractivity contribution in [3.05, 3.63) is 0 Å². The van der Waals surface area contributed by atoms with Crippen LogP contribution < -0.4 is 29.6 Å². The molecular weight excluding hydrogens is 423 g/mol. The van der Waals surface area contributed by atoms with Gasteiger partial charge in [-0.1, -0.05) is 116 Å². The molecule has 0 aromatic carbocycles. The summed E-state index contributed by atoms with van der Waals surface area (Å²) in [6.45, 7) is 4.14. The Labute approximate surface area is 216 Å². The van der Waals surface area contributed by atoms with Crippen molar-refractivity contribution in [2.24, 2.45) is 0 Å². The normalized spacial score (nSPS) is 11.5. The standard InChI is InChI=1S/C24H50O5S.Na/c1-2-3-4-5-6-7-10-13-16-19-22-28-23-20-17-14-11-8-9-12-15-18-21-24-29-30(25,26)27;/h2-24H2,1H3,(H,25,26,27);/q;+1/p-1. The summed E-state index contributed by atoms with van der Waals surface area (Å²) in [6.07, 6.45) is 25.0. The molecule has 0 aliphatic heterocycles. The minimum Gasteiger partial charge on any atom is -0.726 e. The van der Waals surface area contributed by atoms with E-state index in [4.69, 9.17) is 4.74 Å². The SMILES string of the molecule is CCCCCCCCCCCCOCCCCCCCCCCCCOS(=O)(=O)[O-].[Na+].